The Morgan fingerprint density at radius 3 is 2.95 bits per heavy atom. The van der Waals surface area contributed by atoms with Crippen LogP contribution in [0.1, 0.15) is 24.4 Å². The van der Waals surface area contributed by atoms with Crippen molar-refractivity contribution in [2.75, 3.05) is 34.3 Å². The highest BCUT2D eigenvalue weighted by atomic mass is 35.5. The van der Waals surface area contributed by atoms with Crippen LogP contribution in [0.4, 0.5) is 0 Å². The number of nitrogens with one attached hydrogen (secondary N) is 1. The Morgan fingerprint density at radius 2 is 2.26 bits per heavy atom. The molecule has 1 heterocycles. The molecule has 0 aliphatic carbocycles. The van der Waals surface area contributed by atoms with Crippen LogP contribution in [0.5, 0.6) is 5.75 Å². The molecule has 4 heteroatoms. The van der Waals surface area contributed by atoms with Crippen molar-refractivity contribution >= 4 is 11.6 Å². The summed E-state index contributed by atoms with van der Waals surface area (Å²) in [5.41, 5.74) is 1.13. The largest absolute Gasteiger partial charge is 0.496 e. The fraction of sp³-hybridized carbons (Fsp3) is 0.600. The van der Waals surface area contributed by atoms with Gasteiger partial charge in [-0.1, -0.05) is 17.7 Å². The van der Waals surface area contributed by atoms with Crippen molar-refractivity contribution in [1.82, 2.24) is 10.2 Å². The first-order valence-electron chi connectivity index (χ1n) is 6.86. The van der Waals surface area contributed by atoms with Crippen molar-refractivity contribution in [2.45, 2.75) is 18.9 Å². The Bertz CT molecular complexity index is 423. The number of rotatable bonds is 4. The van der Waals surface area contributed by atoms with Crippen molar-refractivity contribution < 1.29 is 4.74 Å². The number of methoxy groups -OCH3 is 1. The molecule has 1 aromatic carbocycles. The Morgan fingerprint density at radius 1 is 1.47 bits per heavy atom. The molecular weight excluding hydrogens is 260 g/mol. The summed E-state index contributed by atoms with van der Waals surface area (Å²) in [6.45, 7) is 2.11. The first-order valence-corrected chi connectivity index (χ1v) is 7.24. The van der Waals surface area contributed by atoms with Crippen LogP contribution in [0.15, 0.2) is 18.2 Å². The van der Waals surface area contributed by atoms with E-state index in [1.54, 1.807) is 7.11 Å². The van der Waals surface area contributed by atoms with Crippen LogP contribution in [0, 0.1) is 5.92 Å². The highest BCUT2D eigenvalue weighted by Gasteiger charge is 2.33. The minimum atomic E-state index is 0.324. The number of hydrogen-bond donors (Lipinski definition) is 1. The molecule has 1 aromatic rings. The van der Waals surface area contributed by atoms with Crippen LogP contribution in [0.25, 0.3) is 0 Å². The summed E-state index contributed by atoms with van der Waals surface area (Å²) in [5.74, 6) is 1.46. The molecule has 1 fully saturated rings. The van der Waals surface area contributed by atoms with E-state index in [0.29, 0.717) is 12.0 Å². The van der Waals surface area contributed by atoms with Crippen molar-refractivity contribution in [1.29, 1.82) is 0 Å². The zero-order valence-corrected chi connectivity index (χ0v) is 12.7. The summed E-state index contributed by atoms with van der Waals surface area (Å²) >= 11 is 6.45. The molecule has 0 spiro atoms. The van der Waals surface area contributed by atoms with E-state index in [0.717, 1.165) is 29.4 Å². The fourth-order valence-electron chi connectivity index (χ4n) is 3.17. The minimum absolute atomic E-state index is 0.324. The van der Waals surface area contributed by atoms with Gasteiger partial charge in [-0.05, 0) is 58.1 Å². The molecule has 0 aromatic heterocycles. The number of benzene rings is 1. The number of hydrogen-bond acceptors (Lipinski definition) is 3. The summed E-state index contributed by atoms with van der Waals surface area (Å²) < 4.78 is 5.52. The molecule has 1 aliphatic rings. The predicted octanol–water partition coefficient (Wildman–Crippen LogP) is 2.95. The second-order valence-corrected chi connectivity index (χ2v) is 5.65. The van der Waals surface area contributed by atoms with E-state index in [-0.39, 0.29) is 0 Å². The Labute approximate surface area is 120 Å². The molecule has 2 rings (SSSR count). The van der Waals surface area contributed by atoms with Gasteiger partial charge in [0.05, 0.1) is 7.11 Å². The lowest BCUT2D eigenvalue weighted by molar-refractivity contribution is 0.118. The predicted molar refractivity (Wildman–Crippen MR) is 80.0 cm³/mol. The van der Waals surface area contributed by atoms with Gasteiger partial charge in [0.15, 0.2) is 0 Å². The third-order valence-electron chi connectivity index (χ3n) is 4.00. The number of nitrogens with zero attached hydrogens (tertiary/aromatic N) is 1. The molecule has 0 bridgehead atoms. The van der Waals surface area contributed by atoms with Gasteiger partial charge in [0.2, 0.25) is 0 Å². The molecule has 3 nitrogen and oxygen atoms in total. The second kappa shape index (κ2) is 6.60. The van der Waals surface area contributed by atoms with Gasteiger partial charge >= 0.3 is 0 Å². The summed E-state index contributed by atoms with van der Waals surface area (Å²) in [5, 5.41) is 4.11. The first kappa shape index (κ1) is 14.6. The molecule has 2 atom stereocenters. The molecule has 0 amide bonds. The topological polar surface area (TPSA) is 24.5 Å². The van der Waals surface area contributed by atoms with Crippen LogP contribution >= 0.6 is 11.6 Å². The lowest BCUT2D eigenvalue weighted by Crippen LogP contribution is -2.40. The number of halogens is 1. The highest BCUT2D eigenvalue weighted by Crippen LogP contribution is 2.42. The summed E-state index contributed by atoms with van der Waals surface area (Å²) in [6, 6.07) is 6.23. The molecular formula is C15H23ClN2O. The Hall–Kier alpha value is -0.770. The van der Waals surface area contributed by atoms with Gasteiger partial charge in [-0.3, -0.25) is 4.90 Å². The van der Waals surface area contributed by atoms with E-state index in [1.807, 2.05) is 25.2 Å². The zero-order valence-electron chi connectivity index (χ0n) is 11.9. The smallest absolute Gasteiger partial charge is 0.125 e. The van der Waals surface area contributed by atoms with Gasteiger partial charge in [0, 0.05) is 16.6 Å². The van der Waals surface area contributed by atoms with Crippen molar-refractivity contribution in [3.8, 4) is 5.75 Å². The van der Waals surface area contributed by atoms with E-state index in [2.05, 4.69) is 17.3 Å². The average molecular weight is 283 g/mol. The zero-order chi connectivity index (χ0) is 13.8. The average Bonchev–Trinajstić information content (AvgIpc) is 2.40. The number of piperidine rings is 1. The molecule has 1 N–H and O–H groups in total. The van der Waals surface area contributed by atoms with E-state index >= 15 is 0 Å². The van der Waals surface area contributed by atoms with Crippen molar-refractivity contribution in [2.24, 2.45) is 5.92 Å². The van der Waals surface area contributed by atoms with E-state index < -0.39 is 0 Å². The standard InChI is InChI=1S/C15H23ClN2O/c1-17-10-11-6-5-9-18(2)15(11)14-12(16)7-4-8-13(14)19-3/h4,7-8,11,15,17H,5-6,9-10H2,1-3H3. The van der Waals surface area contributed by atoms with E-state index in [4.69, 9.17) is 16.3 Å². The third-order valence-corrected chi connectivity index (χ3v) is 4.33. The second-order valence-electron chi connectivity index (χ2n) is 5.24. The van der Waals surface area contributed by atoms with E-state index in [9.17, 15) is 0 Å². The Balaban J connectivity index is 2.40. The monoisotopic (exact) mass is 282 g/mol. The van der Waals surface area contributed by atoms with Crippen molar-refractivity contribution in [3.63, 3.8) is 0 Å². The first-order chi connectivity index (χ1) is 9.19. The van der Waals surface area contributed by atoms with Gasteiger partial charge in [0.25, 0.3) is 0 Å². The molecule has 0 radical (unpaired) electrons. The van der Waals surface area contributed by atoms with Crippen molar-refractivity contribution in [3.05, 3.63) is 28.8 Å². The summed E-state index contributed by atoms with van der Waals surface area (Å²) in [4.78, 5) is 2.40. The molecule has 106 valence electrons. The van der Waals surface area contributed by atoms with Crippen LogP contribution in [0.3, 0.4) is 0 Å². The molecule has 2 unspecified atom stereocenters. The van der Waals surface area contributed by atoms with Gasteiger partial charge in [-0.2, -0.15) is 0 Å². The van der Waals surface area contributed by atoms with Gasteiger partial charge in [0.1, 0.15) is 5.75 Å². The maximum Gasteiger partial charge on any atom is 0.125 e. The SMILES string of the molecule is CNCC1CCCN(C)C1c1c(Cl)cccc1OC. The lowest BCUT2D eigenvalue weighted by atomic mass is 9.84. The normalized spacial score (nSPS) is 24.4. The maximum atomic E-state index is 6.45. The minimum Gasteiger partial charge on any atom is -0.496 e. The number of likely N-dealkylation sites (tertiary alicyclic amines) is 1. The molecule has 1 saturated heterocycles. The molecule has 0 saturated carbocycles. The number of ether oxygens (including phenoxy) is 1. The van der Waals surface area contributed by atoms with Gasteiger partial charge in [-0.15, -0.1) is 0 Å². The van der Waals surface area contributed by atoms with Crippen LogP contribution in [-0.4, -0.2) is 39.2 Å². The Kier molecular flexibility index (Phi) is 5.08. The lowest BCUT2D eigenvalue weighted by Gasteiger charge is -2.40. The summed E-state index contributed by atoms with van der Waals surface area (Å²) in [6.07, 6.45) is 2.47. The molecule has 1 aliphatic heterocycles. The van der Waals surface area contributed by atoms with E-state index in [1.165, 1.54) is 12.8 Å². The van der Waals surface area contributed by atoms with Gasteiger partial charge < -0.3 is 10.1 Å². The maximum absolute atomic E-state index is 6.45. The molecule has 19 heavy (non-hydrogen) atoms. The fourth-order valence-corrected chi connectivity index (χ4v) is 3.45. The van der Waals surface area contributed by atoms with Crippen LogP contribution < -0.4 is 10.1 Å². The highest BCUT2D eigenvalue weighted by molar-refractivity contribution is 6.31. The summed E-state index contributed by atoms with van der Waals surface area (Å²) in [7, 11) is 5.90. The van der Waals surface area contributed by atoms with Crippen LogP contribution in [-0.2, 0) is 0 Å². The van der Waals surface area contributed by atoms with Gasteiger partial charge in [-0.25, -0.2) is 0 Å². The third kappa shape index (κ3) is 3.04. The van der Waals surface area contributed by atoms with Crippen LogP contribution in [0.2, 0.25) is 5.02 Å². The quantitative estimate of drug-likeness (QED) is 0.919.